The molecule has 0 amide bonds. The zero-order valence-electron chi connectivity index (χ0n) is 12.8. The van der Waals surface area contributed by atoms with E-state index in [1.807, 2.05) is 0 Å². The third-order valence-electron chi connectivity index (χ3n) is 3.21. The van der Waals surface area contributed by atoms with E-state index in [-0.39, 0.29) is 0 Å². The maximum absolute atomic E-state index is 3.58. The second-order valence-corrected chi connectivity index (χ2v) is 5.64. The van der Waals surface area contributed by atoms with Gasteiger partial charge in [0.15, 0.2) is 0 Å². The summed E-state index contributed by atoms with van der Waals surface area (Å²) in [7, 11) is 0. The fourth-order valence-corrected chi connectivity index (χ4v) is 1.98. The predicted octanol–water partition coefficient (Wildman–Crippen LogP) is 3.52. The molecule has 0 aromatic carbocycles. The fraction of sp³-hybridized carbons (Fsp3) is 1.00. The van der Waals surface area contributed by atoms with Gasteiger partial charge in [0.2, 0.25) is 0 Å². The number of nitrogens with one attached hydrogen (secondary N) is 1. The van der Waals surface area contributed by atoms with E-state index in [4.69, 9.17) is 0 Å². The van der Waals surface area contributed by atoms with Gasteiger partial charge in [-0.3, -0.25) is 4.90 Å². The van der Waals surface area contributed by atoms with Gasteiger partial charge in [0.05, 0.1) is 0 Å². The largest absolute Gasteiger partial charge is 0.315 e. The monoisotopic (exact) mass is 242 g/mol. The van der Waals surface area contributed by atoms with E-state index in [0.717, 1.165) is 19.0 Å². The van der Waals surface area contributed by atoms with Gasteiger partial charge in [-0.1, -0.05) is 40.5 Å². The predicted molar refractivity (Wildman–Crippen MR) is 78.6 cm³/mol. The Bertz CT molecular complexity index is 149. The first-order valence-electron chi connectivity index (χ1n) is 7.56. The first-order chi connectivity index (χ1) is 8.11. The Morgan fingerprint density at radius 2 is 1.41 bits per heavy atom. The Kier molecular flexibility index (Phi) is 11.0. The Hall–Kier alpha value is -0.0800. The highest BCUT2D eigenvalue weighted by atomic mass is 15.2. The molecule has 0 aromatic rings. The fourth-order valence-electron chi connectivity index (χ4n) is 1.98. The maximum Gasteiger partial charge on any atom is 0.0192 e. The zero-order chi connectivity index (χ0) is 13.1. The van der Waals surface area contributed by atoms with E-state index in [9.17, 15) is 0 Å². The highest BCUT2D eigenvalue weighted by molar-refractivity contribution is 4.70. The Balaban J connectivity index is 3.88. The summed E-state index contributed by atoms with van der Waals surface area (Å²) in [6.45, 7) is 16.2. The molecule has 0 aliphatic carbocycles. The van der Waals surface area contributed by atoms with Gasteiger partial charge < -0.3 is 5.32 Å². The number of unbranched alkanes of at least 4 members (excludes halogenated alkanes) is 2. The second kappa shape index (κ2) is 11.0. The van der Waals surface area contributed by atoms with Crippen molar-refractivity contribution in [3.8, 4) is 0 Å². The summed E-state index contributed by atoms with van der Waals surface area (Å²) in [6.07, 6.45) is 5.26. The molecule has 0 aromatic heterocycles. The number of rotatable bonds is 11. The van der Waals surface area contributed by atoms with Crippen LogP contribution in [0.2, 0.25) is 0 Å². The van der Waals surface area contributed by atoms with E-state index in [1.165, 1.54) is 38.8 Å². The number of hydrogen-bond acceptors (Lipinski definition) is 2. The van der Waals surface area contributed by atoms with Crippen molar-refractivity contribution in [1.29, 1.82) is 0 Å². The lowest BCUT2D eigenvalue weighted by atomic mass is 10.2. The maximum atomic E-state index is 3.58. The first-order valence-corrected chi connectivity index (χ1v) is 7.56. The normalized spacial score (nSPS) is 13.6. The van der Waals surface area contributed by atoms with Gasteiger partial charge in [0, 0.05) is 12.6 Å². The van der Waals surface area contributed by atoms with Gasteiger partial charge in [-0.25, -0.2) is 0 Å². The van der Waals surface area contributed by atoms with E-state index < -0.39 is 0 Å². The van der Waals surface area contributed by atoms with Crippen LogP contribution in [0.25, 0.3) is 0 Å². The summed E-state index contributed by atoms with van der Waals surface area (Å²) >= 11 is 0. The molecule has 1 unspecified atom stereocenters. The average Bonchev–Trinajstić information content (AvgIpc) is 2.28. The van der Waals surface area contributed by atoms with Crippen LogP contribution >= 0.6 is 0 Å². The highest BCUT2D eigenvalue weighted by Gasteiger charge is 2.12. The lowest BCUT2D eigenvalue weighted by Crippen LogP contribution is -2.42. The molecule has 0 fully saturated rings. The summed E-state index contributed by atoms with van der Waals surface area (Å²) in [6, 6.07) is 0.673. The molecule has 17 heavy (non-hydrogen) atoms. The molecule has 0 bridgehead atoms. The molecule has 2 nitrogen and oxygen atoms in total. The summed E-state index contributed by atoms with van der Waals surface area (Å²) in [4.78, 5) is 2.65. The molecule has 0 aliphatic heterocycles. The van der Waals surface area contributed by atoms with Crippen LogP contribution in [-0.4, -0.2) is 37.1 Å². The lowest BCUT2D eigenvalue weighted by Gasteiger charge is -2.29. The SMILES string of the molecule is CCCCN(CCCC)C(C)CNCC(C)C. The van der Waals surface area contributed by atoms with Crippen molar-refractivity contribution in [3.63, 3.8) is 0 Å². The van der Waals surface area contributed by atoms with E-state index in [1.54, 1.807) is 0 Å². The smallest absolute Gasteiger partial charge is 0.0192 e. The van der Waals surface area contributed by atoms with Crippen LogP contribution in [-0.2, 0) is 0 Å². The van der Waals surface area contributed by atoms with Crippen LogP contribution in [0.4, 0.5) is 0 Å². The minimum atomic E-state index is 0.673. The summed E-state index contributed by atoms with van der Waals surface area (Å²) in [5.74, 6) is 0.752. The molecule has 104 valence electrons. The van der Waals surface area contributed by atoms with Gasteiger partial charge in [0.25, 0.3) is 0 Å². The number of hydrogen-bond donors (Lipinski definition) is 1. The summed E-state index contributed by atoms with van der Waals surface area (Å²) < 4.78 is 0. The van der Waals surface area contributed by atoms with Crippen molar-refractivity contribution in [2.45, 2.75) is 66.3 Å². The van der Waals surface area contributed by atoms with Gasteiger partial charge in [-0.05, 0) is 45.3 Å². The van der Waals surface area contributed by atoms with Crippen molar-refractivity contribution in [2.75, 3.05) is 26.2 Å². The van der Waals surface area contributed by atoms with E-state index >= 15 is 0 Å². The second-order valence-electron chi connectivity index (χ2n) is 5.64. The van der Waals surface area contributed by atoms with Crippen LogP contribution < -0.4 is 5.32 Å². The van der Waals surface area contributed by atoms with Crippen LogP contribution in [0.1, 0.15) is 60.3 Å². The molecule has 1 atom stereocenters. The minimum Gasteiger partial charge on any atom is -0.315 e. The molecule has 0 rings (SSSR count). The molecule has 0 saturated carbocycles. The quantitative estimate of drug-likeness (QED) is 0.596. The van der Waals surface area contributed by atoms with Crippen LogP contribution in [0.5, 0.6) is 0 Å². The molecule has 0 radical (unpaired) electrons. The third-order valence-corrected chi connectivity index (χ3v) is 3.21. The topological polar surface area (TPSA) is 15.3 Å². The Labute approximate surface area is 109 Å². The van der Waals surface area contributed by atoms with Crippen molar-refractivity contribution in [1.82, 2.24) is 10.2 Å². The van der Waals surface area contributed by atoms with E-state index in [0.29, 0.717) is 6.04 Å². The van der Waals surface area contributed by atoms with E-state index in [2.05, 4.69) is 44.8 Å². The molecule has 0 spiro atoms. The van der Waals surface area contributed by atoms with Gasteiger partial charge in [0.1, 0.15) is 0 Å². The summed E-state index contributed by atoms with van der Waals surface area (Å²) in [5.41, 5.74) is 0. The van der Waals surface area contributed by atoms with Crippen LogP contribution in [0, 0.1) is 5.92 Å². The van der Waals surface area contributed by atoms with Gasteiger partial charge in [-0.15, -0.1) is 0 Å². The number of nitrogens with zero attached hydrogens (tertiary/aromatic N) is 1. The Morgan fingerprint density at radius 1 is 0.882 bits per heavy atom. The minimum absolute atomic E-state index is 0.673. The Morgan fingerprint density at radius 3 is 1.82 bits per heavy atom. The van der Waals surface area contributed by atoms with Crippen molar-refractivity contribution in [3.05, 3.63) is 0 Å². The van der Waals surface area contributed by atoms with Crippen molar-refractivity contribution in [2.24, 2.45) is 5.92 Å². The average molecular weight is 242 g/mol. The van der Waals surface area contributed by atoms with Crippen LogP contribution in [0.15, 0.2) is 0 Å². The third kappa shape index (κ3) is 9.61. The molecule has 0 heterocycles. The molecule has 0 saturated heterocycles. The molecular weight excluding hydrogens is 208 g/mol. The molecule has 0 aliphatic rings. The van der Waals surface area contributed by atoms with Crippen LogP contribution in [0.3, 0.4) is 0 Å². The van der Waals surface area contributed by atoms with Gasteiger partial charge in [-0.2, -0.15) is 0 Å². The van der Waals surface area contributed by atoms with Crippen molar-refractivity contribution >= 4 is 0 Å². The summed E-state index contributed by atoms with van der Waals surface area (Å²) in [5, 5.41) is 3.58. The standard InChI is InChI=1S/C15H34N2/c1-6-8-10-17(11-9-7-2)15(5)13-16-12-14(3)4/h14-16H,6-13H2,1-5H3. The van der Waals surface area contributed by atoms with Gasteiger partial charge >= 0.3 is 0 Å². The molecular formula is C15H34N2. The van der Waals surface area contributed by atoms with Crippen molar-refractivity contribution < 1.29 is 0 Å². The molecule has 1 N–H and O–H groups in total. The first kappa shape index (κ1) is 16.9. The molecule has 2 heteroatoms. The zero-order valence-corrected chi connectivity index (χ0v) is 12.8. The highest BCUT2D eigenvalue weighted by Crippen LogP contribution is 2.04. The lowest BCUT2D eigenvalue weighted by molar-refractivity contribution is 0.197.